The van der Waals surface area contributed by atoms with Gasteiger partial charge in [-0.2, -0.15) is 4.98 Å². The van der Waals surface area contributed by atoms with Gasteiger partial charge < -0.3 is 14.0 Å². The predicted molar refractivity (Wildman–Crippen MR) is 54.5 cm³/mol. The Bertz CT molecular complexity index is 489. The van der Waals surface area contributed by atoms with Gasteiger partial charge >= 0.3 is 0 Å². The lowest BCUT2D eigenvalue weighted by molar-refractivity contribution is 0.159. The lowest BCUT2D eigenvalue weighted by atomic mass is 10.3. The molecule has 0 radical (unpaired) electrons. The van der Waals surface area contributed by atoms with E-state index in [0.29, 0.717) is 23.8 Å². The molecule has 2 aromatic rings. The Morgan fingerprint density at radius 1 is 1.31 bits per heavy atom. The maximum Gasteiger partial charge on any atom is 0.295 e. The van der Waals surface area contributed by atoms with Crippen LogP contribution >= 0.6 is 0 Å². The molecule has 0 amide bonds. The molecule has 0 spiro atoms. The van der Waals surface area contributed by atoms with Crippen molar-refractivity contribution in [1.82, 2.24) is 15.1 Å². The fourth-order valence-electron chi connectivity index (χ4n) is 1.37. The lowest BCUT2D eigenvalue weighted by Crippen LogP contribution is -1.97. The maximum absolute atomic E-state index is 9.53. The fraction of sp³-hybridized carbons (Fsp3) is 0.500. The van der Waals surface area contributed by atoms with Crippen molar-refractivity contribution in [3.63, 3.8) is 0 Å². The highest BCUT2D eigenvalue weighted by Gasteiger charge is 2.19. The molecule has 0 aliphatic carbocycles. The van der Waals surface area contributed by atoms with Gasteiger partial charge in [0.15, 0.2) is 5.89 Å². The Balaban J connectivity index is 2.35. The number of aliphatic hydroxyl groups excluding tert-OH is 1. The summed E-state index contributed by atoms with van der Waals surface area (Å²) in [6.45, 7) is 5.38. The molecule has 1 atom stereocenters. The van der Waals surface area contributed by atoms with Crippen LogP contribution in [0.4, 0.5) is 0 Å². The molecule has 0 aromatic carbocycles. The molecule has 1 N–H and O–H groups in total. The van der Waals surface area contributed by atoms with Crippen molar-refractivity contribution in [3.8, 4) is 11.7 Å². The van der Waals surface area contributed by atoms with Crippen LogP contribution in [0.1, 0.15) is 36.9 Å². The van der Waals surface area contributed by atoms with Gasteiger partial charge in [0, 0.05) is 6.92 Å². The van der Waals surface area contributed by atoms with Gasteiger partial charge in [0.2, 0.25) is 11.6 Å². The minimum atomic E-state index is -0.707. The van der Waals surface area contributed by atoms with E-state index in [9.17, 15) is 5.11 Å². The third-order valence-corrected chi connectivity index (χ3v) is 2.22. The molecule has 0 aliphatic heterocycles. The number of hydrogen-bond donors (Lipinski definition) is 1. The first-order valence-electron chi connectivity index (χ1n) is 5.08. The third-order valence-electron chi connectivity index (χ3n) is 2.22. The molecule has 6 heteroatoms. The Labute approximate surface area is 92.3 Å². The first kappa shape index (κ1) is 10.8. The molecule has 0 saturated heterocycles. The normalized spacial score (nSPS) is 13.0. The number of oxazole rings is 1. The highest BCUT2D eigenvalue weighted by Crippen LogP contribution is 2.24. The van der Waals surface area contributed by atoms with E-state index in [2.05, 4.69) is 15.1 Å². The van der Waals surface area contributed by atoms with Crippen molar-refractivity contribution >= 4 is 0 Å². The molecule has 2 aromatic heterocycles. The molecule has 86 valence electrons. The van der Waals surface area contributed by atoms with Crippen LogP contribution in [0.3, 0.4) is 0 Å². The van der Waals surface area contributed by atoms with E-state index in [1.54, 1.807) is 13.8 Å². The van der Waals surface area contributed by atoms with Gasteiger partial charge in [-0.1, -0.05) is 12.1 Å². The third kappa shape index (κ3) is 1.83. The molecule has 6 nitrogen and oxygen atoms in total. The standard InChI is InChI=1S/C10H13N3O3/c1-4-7(14)9-12-10(16-13-9)8-5(2)11-6(3)15-8/h7,14H,4H2,1-3H3. The van der Waals surface area contributed by atoms with E-state index in [0.717, 1.165) is 0 Å². The van der Waals surface area contributed by atoms with Gasteiger partial charge in [-0.15, -0.1) is 0 Å². The van der Waals surface area contributed by atoms with Crippen LogP contribution in [0, 0.1) is 13.8 Å². The summed E-state index contributed by atoms with van der Waals surface area (Å²) < 4.78 is 10.4. The Morgan fingerprint density at radius 2 is 2.06 bits per heavy atom. The number of aryl methyl sites for hydroxylation is 2. The molecule has 0 bridgehead atoms. The lowest BCUT2D eigenvalue weighted by Gasteiger charge is -1.97. The van der Waals surface area contributed by atoms with Crippen molar-refractivity contribution in [2.45, 2.75) is 33.3 Å². The zero-order chi connectivity index (χ0) is 11.7. The van der Waals surface area contributed by atoms with Crippen LogP contribution in [-0.2, 0) is 0 Å². The van der Waals surface area contributed by atoms with Gasteiger partial charge in [-0.05, 0) is 13.3 Å². The molecule has 2 heterocycles. The largest absolute Gasteiger partial charge is 0.436 e. The van der Waals surface area contributed by atoms with Gasteiger partial charge in [-0.25, -0.2) is 4.98 Å². The molecule has 2 rings (SSSR count). The molecular weight excluding hydrogens is 210 g/mol. The van der Waals surface area contributed by atoms with Gasteiger partial charge in [0.1, 0.15) is 6.10 Å². The Kier molecular flexibility index (Phi) is 2.74. The number of nitrogens with zero attached hydrogens (tertiary/aromatic N) is 3. The van der Waals surface area contributed by atoms with Crippen molar-refractivity contribution in [2.24, 2.45) is 0 Å². The molecule has 0 aliphatic rings. The van der Waals surface area contributed by atoms with Crippen molar-refractivity contribution in [1.29, 1.82) is 0 Å². The van der Waals surface area contributed by atoms with Crippen molar-refractivity contribution < 1.29 is 14.0 Å². The Hall–Kier alpha value is -1.69. The van der Waals surface area contributed by atoms with Crippen molar-refractivity contribution in [2.75, 3.05) is 0 Å². The van der Waals surface area contributed by atoms with E-state index in [1.165, 1.54) is 0 Å². The smallest absolute Gasteiger partial charge is 0.295 e. The van der Waals surface area contributed by atoms with Crippen LogP contribution < -0.4 is 0 Å². The van der Waals surface area contributed by atoms with Crippen molar-refractivity contribution in [3.05, 3.63) is 17.4 Å². The number of aliphatic hydroxyl groups is 1. The van der Waals surface area contributed by atoms with Crippen LogP contribution in [0.15, 0.2) is 8.94 Å². The monoisotopic (exact) mass is 223 g/mol. The highest BCUT2D eigenvalue weighted by atomic mass is 16.5. The average Bonchev–Trinajstić information content (AvgIpc) is 2.83. The molecule has 0 saturated carbocycles. The summed E-state index contributed by atoms with van der Waals surface area (Å²) in [6.07, 6.45) is -0.172. The van der Waals surface area contributed by atoms with Crippen LogP contribution in [0.2, 0.25) is 0 Å². The van der Waals surface area contributed by atoms with E-state index < -0.39 is 6.10 Å². The quantitative estimate of drug-likeness (QED) is 0.853. The molecule has 0 fully saturated rings. The van der Waals surface area contributed by atoms with Crippen LogP contribution in [0.5, 0.6) is 0 Å². The van der Waals surface area contributed by atoms with E-state index in [-0.39, 0.29) is 11.7 Å². The first-order chi connectivity index (χ1) is 7.61. The minimum absolute atomic E-state index is 0.251. The summed E-state index contributed by atoms with van der Waals surface area (Å²) in [7, 11) is 0. The number of rotatable bonds is 3. The summed E-state index contributed by atoms with van der Waals surface area (Å²) in [5, 5.41) is 13.2. The van der Waals surface area contributed by atoms with Gasteiger partial charge in [-0.3, -0.25) is 0 Å². The second-order valence-corrected chi connectivity index (χ2v) is 3.53. The summed E-state index contributed by atoms with van der Waals surface area (Å²) in [5.41, 5.74) is 0.693. The van der Waals surface area contributed by atoms with E-state index in [4.69, 9.17) is 8.94 Å². The topological polar surface area (TPSA) is 85.2 Å². The summed E-state index contributed by atoms with van der Waals surface area (Å²) in [6, 6.07) is 0. The molecular formula is C10H13N3O3. The molecule has 1 unspecified atom stereocenters. The number of hydrogen-bond acceptors (Lipinski definition) is 6. The van der Waals surface area contributed by atoms with Gasteiger partial charge in [0.05, 0.1) is 5.69 Å². The minimum Gasteiger partial charge on any atom is -0.436 e. The SMILES string of the molecule is CCC(O)c1noc(-c2oc(C)nc2C)n1. The molecule has 16 heavy (non-hydrogen) atoms. The average molecular weight is 223 g/mol. The zero-order valence-electron chi connectivity index (χ0n) is 9.39. The number of aromatic nitrogens is 3. The maximum atomic E-state index is 9.53. The summed E-state index contributed by atoms with van der Waals surface area (Å²) in [5.74, 6) is 1.52. The fourth-order valence-corrected chi connectivity index (χ4v) is 1.37. The van der Waals surface area contributed by atoms with E-state index in [1.807, 2.05) is 6.92 Å². The first-order valence-corrected chi connectivity index (χ1v) is 5.08. The van der Waals surface area contributed by atoms with Crippen LogP contribution in [0.25, 0.3) is 11.7 Å². The Morgan fingerprint density at radius 3 is 2.62 bits per heavy atom. The summed E-state index contributed by atoms with van der Waals surface area (Å²) in [4.78, 5) is 8.17. The predicted octanol–water partition coefficient (Wildman–Crippen LogP) is 1.78. The van der Waals surface area contributed by atoms with Crippen LogP contribution in [-0.4, -0.2) is 20.2 Å². The summed E-state index contributed by atoms with van der Waals surface area (Å²) >= 11 is 0. The zero-order valence-corrected chi connectivity index (χ0v) is 9.39. The van der Waals surface area contributed by atoms with Gasteiger partial charge in [0.25, 0.3) is 5.89 Å². The second kappa shape index (κ2) is 4.05. The highest BCUT2D eigenvalue weighted by molar-refractivity contribution is 5.47. The second-order valence-electron chi connectivity index (χ2n) is 3.53. The van der Waals surface area contributed by atoms with E-state index >= 15 is 0 Å².